The minimum absolute atomic E-state index is 0.914. The van der Waals surface area contributed by atoms with Crippen molar-refractivity contribution in [3.8, 4) is 0 Å². The summed E-state index contributed by atoms with van der Waals surface area (Å²) in [4.78, 5) is 2.77. The Balaban J connectivity index is 1.80. The number of nitrogens with one attached hydrogen (secondary N) is 1. The van der Waals surface area contributed by atoms with E-state index in [1.165, 1.54) is 64.6 Å². The third-order valence-electron chi connectivity index (χ3n) is 4.15. The Bertz CT molecular complexity index is 173. The maximum Gasteiger partial charge on any atom is 0.00983 e. The van der Waals surface area contributed by atoms with E-state index >= 15 is 0 Å². The zero-order valence-electron chi connectivity index (χ0n) is 10.2. The van der Waals surface area contributed by atoms with Crippen molar-refractivity contribution >= 4 is 0 Å². The van der Waals surface area contributed by atoms with Crippen LogP contribution in [0, 0.1) is 5.92 Å². The fraction of sp³-hybridized carbons (Fsp3) is 1.00. The Hall–Kier alpha value is -0.0800. The fourth-order valence-electron chi connectivity index (χ4n) is 3.35. The summed E-state index contributed by atoms with van der Waals surface area (Å²) in [7, 11) is 2.09. The van der Waals surface area contributed by atoms with Crippen LogP contribution in [0.4, 0.5) is 0 Å². The van der Waals surface area contributed by atoms with Crippen LogP contribution in [0.3, 0.4) is 0 Å². The SMILES string of the molecule is CNCC1CCCC(N2CCCCC2)C1. The maximum atomic E-state index is 3.34. The molecule has 2 rings (SSSR count). The molecule has 88 valence electrons. The molecule has 2 fully saturated rings. The average molecular weight is 210 g/mol. The van der Waals surface area contributed by atoms with Gasteiger partial charge in [0.2, 0.25) is 0 Å². The number of rotatable bonds is 3. The second-order valence-corrected chi connectivity index (χ2v) is 5.34. The van der Waals surface area contributed by atoms with E-state index in [4.69, 9.17) is 0 Å². The summed E-state index contributed by atoms with van der Waals surface area (Å²) in [6, 6.07) is 0.914. The Labute approximate surface area is 94.4 Å². The first-order chi connectivity index (χ1) is 7.40. The second-order valence-electron chi connectivity index (χ2n) is 5.34. The molecule has 0 amide bonds. The van der Waals surface area contributed by atoms with Crippen LogP contribution >= 0.6 is 0 Å². The van der Waals surface area contributed by atoms with Gasteiger partial charge in [0, 0.05) is 6.04 Å². The number of hydrogen-bond donors (Lipinski definition) is 1. The molecule has 15 heavy (non-hydrogen) atoms. The molecule has 1 aliphatic carbocycles. The number of nitrogens with zero attached hydrogens (tertiary/aromatic N) is 1. The van der Waals surface area contributed by atoms with E-state index in [0.717, 1.165) is 12.0 Å². The highest BCUT2D eigenvalue weighted by Gasteiger charge is 2.26. The summed E-state index contributed by atoms with van der Waals surface area (Å²) in [6.45, 7) is 3.97. The zero-order chi connectivity index (χ0) is 10.5. The van der Waals surface area contributed by atoms with Gasteiger partial charge in [-0.15, -0.1) is 0 Å². The van der Waals surface area contributed by atoms with Crippen molar-refractivity contribution in [3.05, 3.63) is 0 Å². The van der Waals surface area contributed by atoms with Crippen LogP contribution in [0.2, 0.25) is 0 Å². The van der Waals surface area contributed by atoms with Gasteiger partial charge < -0.3 is 10.2 Å². The van der Waals surface area contributed by atoms with Crippen LogP contribution in [0.1, 0.15) is 44.9 Å². The molecule has 2 unspecified atom stereocenters. The summed E-state index contributed by atoms with van der Waals surface area (Å²) >= 11 is 0. The van der Waals surface area contributed by atoms with E-state index in [-0.39, 0.29) is 0 Å². The quantitative estimate of drug-likeness (QED) is 0.768. The molecule has 2 heteroatoms. The molecule has 2 nitrogen and oxygen atoms in total. The molecule has 0 aromatic rings. The molecule has 0 aromatic heterocycles. The van der Waals surface area contributed by atoms with Gasteiger partial charge in [-0.1, -0.05) is 12.8 Å². The topological polar surface area (TPSA) is 15.3 Å². The summed E-state index contributed by atoms with van der Waals surface area (Å²) in [5.41, 5.74) is 0. The lowest BCUT2D eigenvalue weighted by molar-refractivity contribution is 0.109. The zero-order valence-corrected chi connectivity index (χ0v) is 10.2. The van der Waals surface area contributed by atoms with Gasteiger partial charge in [0.1, 0.15) is 0 Å². The van der Waals surface area contributed by atoms with Crippen LogP contribution in [-0.2, 0) is 0 Å². The molecule has 0 spiro atoms. The first-order valence-corrected chi connectivity index (χ1v) is 6.79. The predicted molar refractivity (Wildman–Crippen MR) is 65.1 cm³/mol. The van der Waals surface area contributed by atoms with E-state index in [9.17, 15) is 0 Å². The van der Waals surface area contributed by atoms with Crippen molar-refractivity contribution in [2.45, 2.75) is 51.0 Å². The lowest BCUT2D eigenvalue weighted by Crippen LogP contribution is -2.43. The number of likely N-dealkylation sites (tertiary alicyclic amines) is 1. The largest absolute Gasteiger partial charge is 0.319 e. The van der Waals surface area contributed by atoms with Gasteiger partial charge in [0.15, 0.2) is 0 Å². The molecule has 1 N–H and O–H groups in total. The Morgan fingerprint density at radius 3 is 2.60 bits per heavy atom. The third-order valence-corrected chi connectivity index (χ3v) is 4.15. The van der Waals surface area contributed by atoms with E-state index in [1.807, 2.05) is 0 Å². The molecule has 1 saturated carbocycles. The Kier molecular flexibility index (Phi) is 4.45. The number of hydrogen-bond acceptors (Lipinski definition) is 2. The van der Waals surface area contributed by atoms with Crippen molar-refractivity contribution in [1.29, 1.82) is 0 Å². The summed E-state index contributed by atoms with van der Waals surface area (Å²) in [5, 5.41) is 3.34. The molecule has 1 aliphatic heterocycles. The van der Waals surface area contributed by atoms with Gasteiger partial charge in [-0.3, -0.25) is 0 Å². The van der Waals surface area contributed by atoms with Gasteiger partial charge >= 0.3 is 0 Å². The summed E-state index contributed by atoms with van der Waals surface area (Å²) in [6.07, 6.45) is 10.1. The first kappa shape index (κ1) is 11.4. The molecular weight excluding hydrogens is 184 g/mol. The lowest BCUT2D eigenvalue weighted by atomic mass is 9.84. The van der Waals surface area contributed by atoms with E-state index < -0.39 is 0 Å². The normalized spacial score (nSPS) is 34.2. The van der Waals surface area contributed by atoms with Gasteiger partial charge in [-0.25, -0.2) is 0 Å². The van der Waals surface area contributed by atoms with Crippen LogP contribution in [0.25, 0.3) is 0 Å². The smallest absolute Gasteiger partial charge is 0.00983 e. The van der Waals surface area contributed by atoms with Crippen molar-refractivity contribution in [1.82, 2.24) is 10.2 Å². The molecule has 0 bridgehead atoms. The van der Waals surface area contributed by atoms with Gasteiger partial charge in [-0.05, 0) is 64.7 Å². The molecule has 1 saturated heterocycles. The van der Waals surface area contributed by atoms with Crippen molar-refractivity contribution < 1.29 is 0 Å². The monoisotopic (exact) mass is 210 g/mol. The third kappa shape index (κ3) is 3.18. The molecule has 1 heterocycles. The van der Waals surface area contributed by atoms with Crippen molar-refractivity contribution in [2.75, 3.05) is 26.7 Å². The minimum atomic E-state index is 0.914. The van der Waals surface area contributed by atoms with Gasteiger partial charge in [0.25, 0.3) is 0 Å². The average Bonchev–Trinajstić information content (AvgIpc) is 2.31. The van der Waals surface area contributed by atoms with Crippen molar-refractivity contribution in [2.24, 2.45) is 5.92 Å². The van der Waals surface area contributed by atoms with E-state index in [2.05, 4.69) is 17.3 Å². The van der Waals surface area contributed by atoms with E-state index in [1.54, 1.807) is 0 Å². The van der Waals surface area contributed by atoms with Crippen LogP contribution in [0.15, 0.2) is 0 Å². The van der Waals surface area contributed by atoms with Gasteiger partial charge in [-0.2, -0.15) is 0 Å². The maximum absolute atomic E-state index is 3.34. The van der Waals surface area contributed by atoms with E-state index in [0.29, 0.717) is 0 Å². The Morgan fingerprint density at radius 1 is 1.07 bits per heavy atom. The predicted octanol–water partition coefficient (Wildman–Crippen LogP) is 2.25. The van der Waals surface area contributed by atoms with Gasteiger partial charge in [0.05, 0.1) is 0 Å². The highest BCUT2D eigenvalue weighted by molar-refractivity contribution is 4.82. The molecule has 2 aliphatic rings. The minimum Gasteiger partial charge on any atom is -0.319 e. The fourth-order valence-corrected chi connectivity index (χ4v) is 3.35. The van der Waals surface area contributed by atoms with Crippen LogP contribution in [0.5, 0.6) is 0 Å². The summed E-state index contributed by atoms with van der Waals surface area (Å²) < 4.78 is 0. The standard InChI is InChI=1S/C13H26N2/c1-14-11-12-6-5-7-13(10-12)15-8-3-2-4-9-15/h12-14H,2-11H2,1H3. The van der Waals surface area contributed by atoms with Crippen LogP contribution in [-0.4, -0.2) is 37.6 Å². The second kappa shape index (κ2) is 5.86. The molecular formula is C13H26N2. The first-order valence-electron chi connectivity index (χ1n) is 6.79. The summed E-state index contributed by atoms with van der Waals surface area (Å²) in [5.74, 6) is 0.940. The number of piperidine rings is 1. The molecule has 0 radical (unpaired) electrons. The Morgan fingerprint density at radius 2 is 1.87 bits per heavy atom. The highest BCUT2D eigenvalue weighted by atomic mass is 15.2. The lowest BCUT2D eigenvalue weighted by Gasteiger charge is -2.39. The van der Waals surface area contributed by atoms with Crippen LogP contribution < -0.4 is 5.32 Å². The molecule has 0 aromatic carbocycles. The highest BCUT2D eigenvalue weighted by Crippen LogP contribution is 2.28. The molecule has 2 atom stereocenters. The van der Waals surface area contributed by atoms with Crippen molar-refractivity contribution in [3.63, 3.8) is 0 Å².